The van der Waals surface area contributed by atoms with Gasteiger partial charge in [0.1, 0.15) is 5.75 Å². The van der Waals surface area contributed by atoms with Crippen molar-refractivity contribution in [3.8, 4) is 17.3 Å². The predicted molar refractivity (Wildman–Crippen MR) is 134 cm³/mol. The van der Waals surface area contributed by atoms with Gasteiger partial charge < -0.3 is 19.3 Å². The second kappa shape index (κ2) is 13.3. The van der Waals surface area contributed by atoms with Gasteiger partial charge in [-0.25, -0.2) is 4.68 Å². The summed E-state index contributed by atoms with van der Waals surface area (Å²) < 4.78 is 18.9. The predicted octanol–water partition coefficient (Wildman–Crippen LogP) is 4.64. The lowest BCUT2D eigenvalue weighted by atomic mass is 10.2. The third-order valence-corrected chi connectivity index (χ3v) is 5.50. The molecule has 0 spiro atoms. The Hall–Kier alpha value is -2.68. The summed E-state index contributed by atoms with van der Waals surface area (Å²) in [5, 5.41) is 15.8. The summed E-state index contributed by atoms with van der Waals surface area (Å²) in [6.45, 7) is 8.25. The molecule has 0 aliphatic rings. The Morgan fingerprint density at radius 1 is 1.18 bits per heavy atom. The molecule has 0 amide bonds. The van der Waals surface area contributed by atoms with Crippen LogP contribution in [0.3, 0.4) is 0 Å². The van der Waals surface area contributed by atoms with Crippen LogP contribution in [0.4, 0.5) is 0 Å². The van der Waals surface area contributed by atoms with Crippen LogP contribution >= 0.6 is 11.6 Å². The van der Waals surface area contributed by atoms with E-state index in [0.717, 1.165) is 16.9 Å². The van der Waals surface area contributed by atoms with Gasteiger partial charge in [-0.1, -0.05) is 48.0 Å². The van der Waals surface area contributed by atoms with Crippen molar-refractivity contribution in [2.75, 3.05) is 40.0 Å². The number of halogens is 1. The Morgan fingerprint density at radius 3 is 2.62 bits per heavy atom. The van der Waals surface area contributed by atoms with Gasteiger partial charge in [0, 0.05) is 26.7 Å². The molecule has 2 aromatic carbocycles. The minimum atomic E-state index is -0.658. The maximum atomic E-state index is 10.5. The Kier molecular flexibility index (Phi) is 10.1. The number of ether oxygens (including phenoxy) is 3. The van der Waals surface area contributed by atoms with E-state index in [1.54, 1.807) is 23.9 Å². The highest BCUT2D eigenvalue weighted by Crippen LogP contribution is 2.34. The molecular formula is C26H32ClN3O4. The molecular weight excluding hydrogens is 454 g/mol. The average Bonchev–Trinajstić information content (AvgIpc) is 3.14. The Balaban J connectivity index is 1.93. The zero-order valence-corrected chi connectivity index (χ0v) is 20.4. The molecule has 0 bridgehead atoms. The van der Waals surface area contributed by atoms with Crippen LogP contribution in [0.1, 0.15) is 11.3 Å². The highest BCUT2D eigenvalue weighted by molar-refractivity contribution is 6.32. The van der Waals surface area contributed by atoms with Gasteiger partial charge in [-0.05, 0) is 31.2 Å². The molecule has 1 atom stereocenters. The van der Waals surface area contributed by atoms with Crippen molar-refractivity contribution in [1.29, 1.82) is 0 Å². The smallest absolute Gasteiger partial charge is 0.227 e. The third kappa shape index (κ3) is 7.16. The van der Waals surface area contributed by atoms with Crippen LogP contribution in [0.5, 0.6) is 11.6 Å². The van der Waals surface area contributed by atoms with E-state index in [2.05, 4.69) is 11.5 Å². The molecule has 0 saturated carbocycles. The zero-order chi connectivity index (χ0) is 24.3. The minimum Gasteiger partial charge on any atom is -0.437 e. The molecule has 3 rings (SSSR count). The largest absolute Gasteiger partial charge is 0.437 e. The van der Waals surface area contributed by atoms with Gasteiger partial charge in [0.15, 0.2) is 0 Å². The second-order valence-electron chi connectivity index (χ2n) is 7.86. The maximum absolute atomic E-state index is 10.5. The number of aliphatic hydroxyl groups excluding tert-OH is 1. The first-order valence-corrected chi connectivity index (χ1v) is 11.6. The van der Waals surface area contributed by atoms with Crippen molar-refractivity contribution in [2.24, 2.45) is 0 Å². The molecule has 0 aliphatic carbocycles. The van der Waals surface area contributed by atoms with Crippen LogP contribution in [0, 0.1) is 6.92 Å². The third-order valence-electron chi connectivity index (χ3n) is 5.19. The number of rotatable bonds is 14. The Labute approximate surface area is 206 Å². The van der Waals surface area contributed by atoms with Crippen molar-refractivity contribution >= 4 is 11.6 Å². The van der Waals surface area contributed by atoms with Crippen LogP contribution in [-0.4, -0.2) is 65.9 Å². The van der Waals surface area contributed by atoms with E-state index >= 15 is 0 Å². The van der Waals surface area contributed by atoms with Gasteiger partial charge >= 0.3 is 0 Å². The molecule has 0 saturated heterocycles. The molecule has 1 aromatic heterocycles. The number of hydrogen-bond acceptors (Lipinski definition) is 6. The van der Waals surface area contributed by atoms with Crippen LogP contribution < -0.4 is 4.74 Å². The van der Waals surface area contributed by atoms with E-state index in [-0.39, 0.29) is 6.61 Å². The van der Waals surface area contributed by atoms with Gasteiger partial charge in [-0.2, -0.15) is 5.10 Å². The molecule has 182 valence electrons. The SMILES string of the molecule is C=CCOC[C@H](O)CN(CCOC)Cc1c(C)nn(-c2ccccc2)c1Oc1ccccc1Cl. The topological polar surface area (TPSA) is 69.0 Å². The number of methoxy groups -OCH3 is 1. The van der Waals surface area contributed by atoms with E-state index in [4.69, 9.17) is 30.9 Å². The second-order valence-corrected chi connectivity index (χ2v) is 8.26. The highest BCUT2D eigenvalue weighted by Gasteiger charge is 2.23. The number of benzene rings is 2. The fraction of sp³-hybridized carbons (Fsp3) is 0.346. The van der Waals surface area contributed by atoms with Crippen molar-refractivity contribution in [2.45, 2.75) is 19.6 Å². The van der Waals surface area contributed by atoms with Crippen molar-refractivity contribution in [3.63, 3.8) is 0 Å². The quantitative estimate of drug-likeness (QED) is 0.265. The van der Waals surface area contributed by atoms with Crippen molar-refractivity contribution < 1.29 is 19.3 Å². The van der Waals surface area contributed by atoms with Gasteiger partial charge in [0.2, 0.25) is 5.88 Å². The molecule has 1 heterocycles. The fourth-order valence-electron chi connectivity index (χ4n) is 3.52. The van der Waals surface area contributed by atoms with E-state index in [9.17, 15) is 5.11 Å². The molecule has 8 heteroatoms. The molecule has 0 unspecified atom stereocenters. The van der Waals surface area contributed by atoms with Gasteiger partial charge in [0.05, 0.1) is 47.9 Å². The summed E-state index contributed by atoms with van der Waals surface area (Å²) in [5.74, 6) is 1.13. The van der Waals surface area contributed by atoms with Gasteiger partial charge in [-0.3, -0.25) is 4.90 Å². The fourth-order valence-corrected chi connectivity index (χ4v) is 3.69. The zero-order valence-electron chi connectivity index (χ0n) is 19.7. The standard InChI is InChI=1S/C26H32ClN3O4/c1-4-15-33-19-22(31)17-29(14-16-32-3)18-23-20(2)28-30(21-10-6-5-7-11-21)26(23)34-25-13-9-8-12-24(25)27/h4-13,22,31H,1,14-19H2,2-3H3/t22-/m1/s1. The number of aryl methyl sites for hydroxylation is 1. The Morgan fingerprint density at radius 2 is 1.91 bits per heavy atom. The number of para-hydroxylation sites is 2. The summed E-state index contributed by atoms with van der Waals surface area (Å²) in [5.41, 5.74) is 2.60. The summed E-state index contributed by atoms with van der Waals surface area (Å²) >= 11 is 6.40. The molecule has 3 aromatic rings. The van der Waals surface area contributed by atoms with E-state index in [1.165, 1.54) is 0 Å². The summed E-state index contributed by atoms with van der Waals surface area (Å²) in [6.07, 6.45) is 1.00. The Bertz CT molecular complexity index is 1040. The van der Waals surface area contributed by atoms with Gasteiger partial charge in [-0.15, -0.1) is 6.58 Å². The normalized spacial score (nSPS) is 12.1. The molecule has 34 heavy (non-hydrogen) atoms. The summed E-state index contributed by atoms with van der Waals surface area (Å²) in [6, 6.07) is 17.2. The molecule has 0 aliphatic heterocycles. The van der Waals surface area contributed by atoms with Gasteiger partial charge in [0.25, 0.3) is 0 Å². The number of aliphatic hydroxyl groups is 1. The number of aromatic nitrogens is 2. The van der Waals surface area contributed by atoms with E-state index in [1.807, 2.05) is 55.5 Å². The molecule has 7 nitrogen and oxygen atoms in total. The van der Waals surface area contributed by atoms with Crippen LogP contribution in [0.2, 0.25) is 5.02 Å². The molecule has 0 fully saturated rings. The minimum absolute atomic E-state index is 0.223. The molecule has 0 radical (unpaired) electrons. The number of hydrogen-bond donors (Lipinski definition) is 1. The van der Waals surface area contributed by atoms with Crippen molar-refractivity contribution in [1.82, 2.24) is 14.7 Å². The van der Waals surface area contributed by atoms with Crippen LogP contribution in [0.15, 0.2) is 67.3 Å². The van der Waals surface area contributed by atoms with E-state index < -0.39 is 6.10 Å². The first-order chi connectivity index (χ1) is 16.5. The lowest BCUT2D eigenvalue weighted by Gasteiger charge is -2.25. The highest BCUT2D eigenvalue weighted by atomic mass is 35.5. The summed E-state index contributed by atoms with van der Waals surface area (Å²) in [4.78, 5) is 2.10. The van der Waals surface area contributed by atoms with Crippen molar-refractivity contribution in [3.05, 3.63) is 83.5 Å². The first-order valence-electron chi connectivity index (χ1n) is 11.2. The molecule has 1 N–H and O–H groups in total. The lowest BCUT2D eigenvalue weighted by molar-refractivity contribution is 0.0192. The van der Waals surface area contributed by atoms with Crippen LogP contribution in [-0.2, 0) is 16.0 Å². The summed E-state index contributed by atoms with van der Waals surface area (Å²) in [7, 11) is 1.66. The average molecular weight is 486 g/mol. The first kappa shape index (κ1) is 25.9. The maximum Gasteiger partial charge on any atom is 0.227 e. The van der Waals surface area contributed by atoms with E-state index in [0.29, 0.717) is 49.5 Å². The van der Waals surface area contributed by atoms with Crippen LogP contribution in [0.25, 0.3) is 5.69 Å². The lowest BCUT2D eigenvalue weighted by Crippen LogP contribution is -2.36. The number of nitrogens with zero attached hydrogens (tertiary/aromatic N) is 3. The monoisotopic (exact) mass is 485 g/mol.